The van der Waals surface area contributed by atoms with E-state index in [1.54, 1.807) is 24.3 Å². The highest BCUT2D eigenvalue weighted by molar-refractivity contribution is 7.21. The van der Waals surface area contributed by atoms with E-state index >= 15 is 0 Å². The van der Waals surface area contributed by atoms with E-state index in [0.29, 0.717) is 12.4 Å². The molecule has 2 N–H and O–H groups in total. The van der Waals surface area contributed by atoms with E-state index in [-0.39, 0.29) is 5.91 Å². The number of nitrogens with zero attached hydrogens (tertiary/aromatic N) is 7. The number of hydrogen-bond acceptors (Lipinski definition) is 7. The van der Waals surface area contributed by atoms with Crippen LogP contribution in [-0.4, -0.2) is 90.9 Å². The number of methoxy groups -OCH3 is 1. The number of fused-ring (bicyclic) bond motifs is 1. The number of aryl methyl sites for hydroxylation is 1. The van der Waals surface area contributed by atoms with Gasteiger partial charge in [-0.25, -0.2) is 9.97 Å². The van der Waals surface area contributed by atoms with Crippen LogP contribution in [0.15, 0.2) is 73.2 Å². The van der Waals surface area contributed by atoms with Gasteiger partial charge >= 0.3 is 0 Å². The monoisotopic (exact) mass is 661 g/mol. The van der Waals surface area contributed by atoms with Gasteiger partial charge in [0.15, 0.2) is 5.82 Å². The summed E-state index contributed by atoms with van der Waals surface area (Å²) < 4.78 is 7.02. The average Bonchev–Trinajstić information content (AvgIpc) is 3.74. The number of amides is 1. The summed E-state index contributed by atoms with van der Waals surface area (Å²) in [6.07, 6.45) is 8.51. The molecule has 7 rings (SSSR count). The third-order valence-electron chi connectivity index (χ3n) is 9.44. The van der Waals surface area contributed by atoms with Crippen LogP contribution in [0, 0.1) is 5.41 Å². The third-order valence-corrected chi connectivity index (χ3v) is 9.91. The third kappa shape index (κ3) is 6.67. The first-order valence-electron chi connectivity index (χ1n) is 16.3. The second-order valence-corrected chi connectivity index (χ2v) is 13.5. The predicted molar refractivity (Wildman–Crippen MR) is 192 cm³/mol. The van der Waals surface area contributed by atoms with Crippen LogP contribution >= 0.6 is 8.86 Å². The Bertz CT molecular complexity index is 2000. The summed E-state index contributed by atoms with van der Waals surface area (Å²) in [5, 5.41) is 16.2. The molecule has 0 radical (unpaired) electrons. The van der Waals surface area contributed by atoms with Crippen LogP contribution in [0.2, 0.25) is 0 Å². The number of ether oxygens (including phenoxy) is 1. The van der Waals surface area contributed by atoms with Crippen LogP contribution in [0.25, 0.3) is 39.1 Å². The number of likely N-dealkylation sites (tertiary alicyclic amines) is 1. The number of carbonyl (C=O) groups is 1. The summed E-state index contributed by atoms with van der Waals surface area (Å²) >= 11 is 0. The van der Waals surface area contributed by atoms with Crippen LogP contribution in [0.3, 0.4) is 0 Å². The first-order valence-corrected chi connectivity index (χ1v) is 16.8. The van der Waals surface area contributed by atoms with Crippen molar-refractivity contribution in [2.75, 3.05) is 45.2 Å². The number of H-pyrrole nitrogens is 1. The molecule has 2 aliphatic heterocycles. The number of aromatic amines is 1. The molecule has 5 aromatic rings. The largest absolute Gasteiger partial charge is 0.481 e. The average molecular weight is 662 g/mol. The summed E-state index contributed by atoms with van der Waals surface area (Å²) in [6.45, 7) is 6.28. The Labute approximate surface area is 282 Å². The molecule has 2 aromatic carbocycles. The van der Waals surface area contributed by atoms with Gasteiger partial charge in [0.2, 0.25) is 11.8 Å². The van der Waals surface area contributed by atoms with Crippen molar-refractivity contribution in [3.05, 3.63) is 78.8 Å². The van der Waals surface area contributed by atoms with Gasteiger partial charge in [-0.15, -0.1) is 8.86 Å². The molecule has 1 saturated heterocycles. The van der Waals surface area contributed by atoms with Gasteiger partial charge in [0.1, 0.15) is 12.0 Å². The Balaban J connectivity index is 0.962. The number of carbonyl (C=O) groups excluding carboxylic acids is 1. The molecule has 246 valence electrons. The van der Waals surface area contributed by atoms with Gasteiger partial charge < -0.3 is 10.1 Å². The summed E-state index contributed by atoms with van der Waals surface area (Å²) in [7, 11) is 7.44. The molecule has 48 heavy (non-hydrogen) atoms. The molecule has 1 fully saturated rings. The van der Waals surface area contributed by atoms with Gasteiger partial charge in [0.25, 0.3) is 0 Å². The number of benzene rings is 2. The van der Waals surface area contributed by atoms with Crippen molar-refractivity contribution in [1.29, 1.82) is 0 Å². The molecular weight excluding hydrogens is 621 g/mol. The molecule has 0 bridgehead atoms. The maximum atomic E-state index is 13.8. The lowest BCUT2D eigenvalue weighted by atomic mass is 9.81. The summed E-state index contributed by atoms with van der Waals surface area (Å²) in [4.78, 5) is 27.1. The number of pyridine rings is 1. The maximum Gasteiger partial charge on any atom is 0.231 e. The number of hydrogen-bond donors (Lipinski definition) is 2. The van der Waals surface area contributed by atoms with Crippen molar-refractivity contribution >= 4 is 42.4 Å². The molecule has 0 saturated carbocycles. The number of aromatic nitrogens is 6. The van der Waals surface area contributed by atoms with E-state index in [1.165, 1.54) is 11.1 Å². The summed E-state index contributed by atoms with van der Waals surface area (Å²) in [5.41, 5.74) is 7.57. The van der Waals surface area contributed by atoms with Crippen molar-refractivity contribution in [2.45, 2.75) is 26.2 Å². The van der Waals surface area contributed by atoms with Crippen molar-refractivity contribution in [1.82, 2.24) is 39.7 Å². The SMILES string of the molecule is COc1cc(-c2n[nH]c3ccc(NC(=O)[C@]4(C)CCCN(CC(=P)N5CC=C(c6ccc(-c7ncn(C)n7)cc6)CC5)C4)cc23)ccn1. The quantitative estimate of drug-likeness (QED) is 0.198. The van der Waals surface area contributed by atoms with Crippen molar-refractivity contribution in [3.63, 3.8) is 0 Å². The lowest BCUT2D eigenvalue weighted by molar-refractivity contribution is -0.127. The van der Waals surface area contributed by atoms with Gasteiger partial charge in [0.05, 0.1) is 18.0 Å². The summed E-state index contributed by atoms with van der Waals surface area (Å²) in [5.74, 6) is 1.30. The zero-order valence-corrected chi connectivity index (χ0v) is 28.5. The Morgan fingerprint density at radius 2 is 1.90 bits per heavy atom. The fraction of sp³-hybridized carbons (Fsp3) is 0.333. The van der Waals surface area contributed by atoms with Crippen LogP contribution in [0.4, 0.5) is 5.69 Å². The Morgan fingerprint density at radius 1 is 1.06 bits per heavy atom. The lowest BCUT2D eigenvalue weighted by Gasteiger charge is -2.40. The van der Waals surface area contributed by atoms with Crippen molar-refractivity contribution in [2.24, 2.45) is 12.5 Å². The molecular formula is C36H40N9O2P. The highest BCUT2D eigenvalue weighted by atomic mass is 31.0. The lowest BCUT2D eigenvalue weighted by Crippen LogP contribution is -2.51. The molecule has 0 spiro atoms. The van der Waals surface area contributed by atoms with Gasteiger partial charge in [-0.05, 0) is 68.1 Å². The predicted octanol–water partition coefficient (Wildman–Crippen LogP) is 5.53. The Kier molecular flexibility index (Phi) is 8.92. The van der Waals surface area contributed by atoms with Gasteiger partial charge in [-0.2, -0.15) is 10.2 Å². The minimum absolute atomic E-state index is 0.0353. The van der Waals surface area contributed by atoms with Crippen LogP contribution in [0.5, 0.6) is 5.88 Å². The number of anilines is 1. The van der Waals surface area contributed by atoms with E-state index in [1.807, 2.05) is 37.4 Å². The van der Waals surface area contributed by atoms with Crippen LogP contribution in [-0.2, 0) is 11.8 Å². The molecule has 12 heteroatoms. The van der Waals surface area contributed by atoms with E-state index < -0.39 is 5.41 Å². The van der Waals surface area contributed by atoms with E-state index in [2.05, 4.69) is 86.5 Å². The second kappa shape index (κ2) is 13.4. The molecule has 2 aliphatic rings. The number of piperidine rings is 1. The standard InChI is InChI=1S/C36H40N9O2P/c1-36(35(46)39-28-9-10-30-29(20-28)33(41-40-30)27-11-15-37-31(19-27)47-3)14-4-16-44(22-36)21-32(48)45-17-12-25(13-18-45)24-5-7-26(8-6-24)34-38-23-43(2)42-34/h5-12,15,19-20,23,48H,4,13-14,16-18,21-22H2,1-3H3,(H,39,46)(H,40,41)/t36-/m1/s1. The van der Waals surface area contributed by atoms with E-state index in [4.69, 9.17) is 4.74 Å². The molecule has 0 aliphatic carbocycles. The zero-order chi connectivity index (χ0) is 33.3. The number of rotatable bonds is 9. The summed E-state index contributed by atoms with van der Waals surface area (Å²) in [6, 6.07) is 18.1. The molecule has 1 amide bonds. The van der Waals surface area contributed by atoms with E-state index in [9.17, 15) is 4.79 Å². The van der Waals surface area contributed by atoms with Gasteiger partial charge in [-0.3, -0.25) is 24.4 Å². The highest BCUT2D eigenvalue weighted by Gasteiger charge is 2.38. The molecule has 3 aromatic heterocycles. The fourth-order valence-corrected chi connectivity index (χ4v) is 7.15. The van der Waals surface area contributed by atoms with E-state index in [0.717, 1.165) is 90.1 Å². The second-order valence-electron chi connectivity index (χ2n) is 12.9. The smallest absolute Gasteiger partial charge is 0.231 e. The fourth-order valence-electron chi connectivity index (χ4n) is 6.72. The topological polar surface area (TPSA) is 117 Å². The van der Waals surface area contributed by atoms with Crippen molar-refractivity contribution in [3.8, 4) is 28.5 Å². The molecule has 0 unspecified atom stereocenters. The van der Waals surface area contributed by atoms with Crippen LogP contribution < -0.4 is 10.1 Å². The van der Waals surface area contributed by atoms with Crippen molar-refractivity contribution < 1.29 is 9.53 Å². The Morgan fingerprint density at radius 3 is 2.65 bits per heavy atom. The maximum absolute atomic E-state index is 13.8. The highest BCUT2D eigenvalue weighted by Crippen LogP contribution is 2.34. The first kappa shape index (κ1) is 31.9. The molecule has 11 nitrogen and oxygen atoms in total. The zero-order valence-electron chi connectivity index (χ0n) is 27.5. The van der Waals surface area contributed by atoms with Gasteiger partial charge in [0, 0.05) is 73.1 Å². The minimum atomic E-state index is -0.511. The first-order chi connectivity index (χ1) is 23.3. The number of nitrogens with one attached hydrogen (secondary N) is 2. The Hall–Kier alpha value is -4.70. The van der Waals surface area contributed by atoms with Crippen LogP contribution in [0.1, 0.15) is 31.7 Å². The molecule has 5 heterocycles. The minimum Gasteiger partial charge on any atom is -0.481 e. The normalized spacial score (nSPS) is 18.9. The van der Waals surface area contributed by atoms with Gasteiger partial charge in [-0.1, -0.05) is 30.3 Å². The molecule has 1 atom stereocenters.